The average molecular weight is 211 g/mol. The normalized spacial score (nSPS) is 15.3. The van der Waals surface area contributed by atoms with Gasteiger partial charge in [0.2, 0.25) is 0 Å². The van der Waals surface area contributed by atoms with Crippen molar-refractivity contribution in [2.75, 3.05) is 19.6 Å². The maximum Gasteiger partial charge on any atom is 0.0600 e. The van der Waals surface area contributed by atoms with Crippen molar-refractivity contribution >= 4 is 0 Å². The van der Waals surface area contributed by atoms with Crippen LogP contribution in [-0.4, -0.2) is 35.7 Å². The summed E-state index contributed by atoms with van der Waals surface area (Å²) in [5.74, 6) is 0.596. The van der Waals surface area contributed by atoms with Crippen LogP contribution in [0, 0.1) is 11.8 Å². The molecule has 0 aromatic rings. The summed E-state index contributed by atoms with van der Waals surface area (Å²) in [6.45, 7) is 16.2. The number of hydrogen-bond acceptors (Lipinski definition) is 2. The lowest BCUT2D eigenvalue weighted by molar-refractivity contribution is 0.0559. The topological polar surface area (TPSA) is 23.5 Å². The zero-order valence-electron chi connectivity index (χ0n) is 10.3. The number of nitrogens with zero attached hydrogens (tertiary/aromatic N) is 1. The molecule has 0 radical (unpaired) electrons. The van der Waals surface area contributed by atoms with Crippen LogP contribution in [0.25, 0.3) is 0 Å². The van der Waals surface area contributed by atoms with E-state index in [0.717, 1.165) is 19.6 Å². The monoisotopic (exact) mass is 211 g/mol. The largest absolute Gasteiger partial charge is 0.393 e. The van der Waals surface area contributed by atoms with E-state index in [1.165, 1.54) is 0 Å². The molecule has 15 heavy (non-hydrogen) atoms. The Hall–Kier alpha value is -0.600. The van der Waals surface area contributed by atoms with Gasteiger partial charge in [0.15, 0.2) is 0 Å². The fourth-order valence-corrected chi connectivity index (χ4v) is 1.76. The Morgan fingerprint density at radius 2 is 1.60 bits per heavy atom. The van der Waals surface area contributed by atoms with E-state index in [9.17, 15) is 5.11 Å². The zero-order chi connectivity index (χ0) is 11.8. The SMILES string of the molecule is C=CCN(CC=C)C[C@@H](C)[C@@H](O)C(C)C. The molecule has 0 saturated carbocycles. The minimum absolute atomic E-state index is 0.234. The zero-order valence-corrected chi connectivity index (χ0v) is 10.3. The summed E-state index contributed by atoms with van der Waals surface area (Å²) in [7, 11) is 0. The Balaban J connectivity index is 4.13. The van der Waals surface area contributed by atoms with Crippen molar-refractivity contribution in [2.45, 2.75) is 26.9 Å². The van der Waals surface area contributed by atoms with Gasteiger partial charge >= 0.3 is 0 Å². The maximum atomic E-state index is 9.90. The van der Waals surface area contributed by atoms with Crippen LogP contribution in [-0.2, 0) is 0 Å². The molecule has 0 aromatic heterocycles. The molecule has 2 atom stereocenters. The molecular weight excluding hydrogens is 186 g/mol. The summed E-state index contributed by atoms with van der Waals surface area (Å²) in [5.41, 5.74) is 0. The molecule has 0 bridgehead atoms. The highest BCUT2D eigenvalue weighted by Crippen LogP contribution is 2.13. The summed E-state index contributed by atoms with van der Waals surface area (Å²) >= 11 is 0. The first-order chi connectivity index (χ1) is 7.02. The van der Waals surface area contributed by atoms with Crippen molar-refractivity contribution in [3.05, 3.63) is 25.3 Å². The fraction of sp³-hybridized carbons (Fsp3) is 0.692. The van der Waals surface area contributed by atoms with Gasteiger partial charge in [-0.3, -0.25) is 4.90 Å². The molecule has 2 nitrogen and oxygen atoms in total. The van der Waals surface area contributed by atoms with Gasteiger partial charge in [0.1, 0.15) is 0 Å². The molecule has 2 heteroatoms. The highest BCUT2D eigenvalue weighted by atomic mass is 16.3. The molecule has 0 rings (SSSR count). The molecule has 0 saturated heterocycles. The van der Waals surface area contributed by atoms with E-state index in [4.69, 9.17) is 0 Å². The molecule has 0 fully saturated rings. The second-order valence-electron chi connectivity index (χ2n) is 4.51. The van der Waals surface area contributed by atoms with Crippen LogP contribution in [0.2, 0.25) is 0 Å². The van der Waals surface area contributed by atoms with Crippen LogP contribution in [0.3, 0.4) is 0 Å². The molecule has 0 amide bonds. The first-order valence-corrected chi connectivity index (χ1v) is 5.65. The van der Waals surface area contributed by atoms with E-state index in [1.54, 1.807) is 0 Å². The van der Waals surface area contributed by atoms with Gasteiger partial charge in [0, 0.05) is 19.6 Å². The quantitative estimate of drug-likeness (QED) is 0.623. The predicted molar refractivity (Wildman–Crippen MR) is 66.8 cm³/mol. The van der Waals surface area contributed by atoms with Gasteiger partial charge in [-0.1, -0.05) is 32.9 Å². The van der Waals surface area contributed by atoms with Gasteiger partial charge < -0.3 is 5.11 Å². The maximum absolute atomic E-state index is 9.90. The van der Waals surface area contributed by atoms with Crippen LogP contribution in [0.4, 0.5) is 0 Å². The Morgan fingerprint density at radius 3 is 1.93 bits per heavy atom. The van der Waals surface area contributed by atoms with Crippen LogP contribution in [0.15, 0.2) is 25.3 Å². The van der Waals surface area contributed by atoms with Gasteiger partial charge in [0.05, 0.1) is 6.10 Å². The third kappa shape index (κ3) is 5.75. The number of aliphatic hydroxyl groups is 1. The third-order valence-electron chi connectivity index (χ3n) is 2.59. The highest BCUT2D eigenvalue weighted by Gasteiger charge is 2.19. The van der Waals surface area contributed by atoms with E-state index in [1.807, 2.05) is 26.0 Å². The Labute approximate surface area is 94.3 Å². The van der Waals surface area contributed by atoms with Crippen LogP contribution < -0.4 is 0 Å². The van der Waals surface area contributed by atoms with Gasteiger partial charge in [-0.15, -0.1) is 13.2 Å². The number of rotatable bonds is 8. The van der Waals surface area contributed by atoms with Crippen LogP contribution >= 0.6 is 0 Å². The summed E-state index contributed by atoms with van der Waals surface area (Å²) < 4.78 is 0. The molecule has 0 heterocycles. The van der Waals surface area contributed by atoms with Crippen molar-refractivity contribution in [3.63, 3.8) is 0 Å². The molecule has 1 N–H and O–H groups in total. The van der Waals surface area contributed by atoms with Crippen LogP contribution in [0.1, 0.15) is 20.8 Å². The van der Waals surface area contributed by atoms with Crippen molar-refractivity contribution in [1.82, 2.24) is 4.90 Å². The molecule has 88 valence electrons. The molecular formula is C13H25NO. The van der Waals surface area contributed by atoms with Gasteiger partial charge in [-0.2, -0.15) is 0 Å². The van der Waals surface area contributed by atoms with Crippen LogP contribution in [0.5, 0.6) is 0 Å². The Kier molecular flexibility index (Phi) is 7.35. The first-order valence-electron chi connectivity index (χ1n) is 5.65. The molecule has 0 unspecified atom stereocenters. The van der Waals surface area contributed by atoms with E-state index in [-0.39, 0.29) is 12.0 Å². The summed E-state index contributed by atoms with van der Waals surface area (Å²) in [4.78, 5) is 2.23. The van der Waals surface area contributed by atoms with Crippen molar-refractivity contribution in [1.29, 1.82) is 0 Å². The number of aliphatic hydroxyl groups excluding tert-OH is 1. The minimum atomic E-state index is -0.234. The lowest BCUT2D eigenvalue weighted by Crippen LogP contribution is -2.36. The highest BCUT2D eigenvalue weighted by molar-refractivity contribution is 4.82. The second kappa shape index (κ2) is 7.66. The Bertz CT molecular complexity index is 179. The van der Waals surface area contributed by atoms with Gasteiger partial charge in [-0.25, -0.2) is 0 Å². The van der Waals surface area contributed by atoms with Crippen molar-refractivity contribution in [2.24, 2.45) is 11.8 Å². The minimum Gasteiger partial charge on any atom is -0.393 e. The first kappa shape index (κ1) is 14.4. The molecule has 0 aliphatic rings. The Morgan fingerprint density at radius 1 is 1.13 bits per heavy atom. The fourth-order valence-electron chi connectivity index (χ4n) is 1.76. The average Bonchev–Trinajstić information content (AvgIpc) is 2.17. The molecule has 0 aliphatic carbocycles. The predicted octanol–water partition coefficient (Wildman–Crippen LogP) is 2.31. The van der Waals surface area contributed by atoms with Gasteiger partial charge in [-0.05, 0) is 11.8 Å². The summed E-state index contributed by atoms with van der Waals surface area (Å²) in [5, 5.41) is 9.90. The third-order valence-corrected chi connectivity index (χ3v) is 2.59. The van der Waals surface area contributed by atoms with E-state index >= 15 is 0 Å². The van der Waals surface area contributed by atoms with E-state index in [0.29, 0.717) is 5.92 Å². The lowest BCUT2D eigenvalue weighted by Gasteiger charge is -2.28. The van der Waals surface area contributed by atoms with E-state index in [2.05, 4.69) is 25.0 Å². The smallest absolute Gasteiger partial charge is 0.0600 e. The summed E-state index contributed by atoms with van der Waals surface area (Å²) in [6, 6.07) is 0. The van der Waals surface area contributed by atoms with Gasteiger partial charge in [0.25, 0.3) is 0 Å². The molecule has 0 aromatic carbocycles. The van der Waals surface area contributed by atoms with Crippen molar-refractivity contribution < 1.29 is 5.11 Å². The standard InChI is InChI=1S/C13H25NO/c1-6-8-14(9-7-2)10-12(5)13(15)11(3)4/h6-7,11-13,15H,1-2,8-10H2,3-5H3/t12-,13+/m1/s1. The summed E-state index contributed by atoms with van der Waals surface area (Å²) in [6.07, 6.45) is 3.54. The molecule has 0 aliphatic heterocycles. The van der Waals surface area contributed by atoms with Crippen molar-refractivity contribution in [3.8, 4) is 0 Å². The molecule has 0 spiro atoms. The second-order valence-corrected chi connectivity index (χ2v) is 4.51. The number of hydrogen-bond donors (Lipinski definition) is 1. The van der Waals surface area contributed by atoms with E-state index < -0.39 is 0 Å². The lowest BCUT2D eigenvalue weighted by atomic mass is 9.94.